The number of rotatable bonds is 4. The number of nitrogens with zero attached hydrogens (tertiary/aromatic N) is 1. The maximum absolute atomic E-state index is 12.8. The molecule has 1 aliphatic rings. The molecule has 0 aliphatic carbocycles. The van der Waals surface area contributed by atoms with Gasteiger partial charge in [0, 0.05) is 35.6 Å². The molecule has 1 saturated heterocycles. The predicted octanol–water partition coefficient (Wildman–Crippen LogP) is 3.13. The molecule has 6 heteroatoms. The van der Waals surface area contributed by atoms with Gasteiger partial charge in [-0.25, -0.2) is 0 Å². The van der Waals surface area contributed by atoms with Gasteiger partial charge in [0.25, 0.3) is 0 Å². The minimum atomic E-state index is 0. The summed E-state index contributed by atoms with van der Waals surface area (Å²) in [4.78, 5) is 14.7. The Balaban J connectivity index is 0.00000208. The van der Waals surface area contributed by atoms with Crippen LogP contribution >= 0.6 is 12.4 Å². The summed E-state index contributed by atoms with van der Waals surface area (Å²) in [7, 11) is 1.62. The van der Waals surface area contributed by atoms with Crippen molar-refractivity contribution in [2.75, 3.05) is 13.7 Å². The van der Waals surface area contributed by atoms with Crippen LogP contribution < -0.4 is 10.5 Å². The van der Waals surface area contributed by atoms with Gasteiger partial charge in [-0.3, -0.25) is 4.79 Å². The summed E-state index contributed by atoms with van der Waals surface area (Å²) >= 11 is 0. The first kappa shape index (κ1) is 18.6. The molecule has 24 heavy (non-hydrogen) atoms. The molecule has 2 atom stereocenters. The molecule has 2 unspecified atom stereocenters. The molecule has 2 aromatic rings. The Morgan fingerprint density at radius 2 is 2.25 bits per heavy atom. The number of benzene rings is 1. The lowest BCUT2D eigenvalue weighted by Gasteiger charge is -2.38. The Morgan fingerprint density at radius 3 is 2.96 bits per heavy atom. The van der Waals surface area contributed by atoms with Crippen LogP contribution in [0.4, 0.5) is 0 Å². The molecular weight excluding hydrogens is 328 g/mol. The smallest absolute Gasteiger partial charge is 0.227 e. The van der Waals surface area contributed by atoms with E-state index in [-0.39, 0.29) is 30.4 Å². The molecule has 3 rings (SSSR count). The molecule has 0 bridgehead atoms. The molecule has 2 N–H and O–H groups in total. The molecular formula is C18H25ClN2O3. The van der Waals surface area contributed by atoms with Crippen molar-refractivity contribution in [2.45, 2.75) is 44.7 Å². The van der Waals surface area contributed by atoms with E-state index in [9.17, 15) is 4.79 Å². The molecule has 0 radical (unpaired) electrons. The van der Waals surface area contributed by atoms with Crippen LogP contribution in [0.2, 0.25) is 0 Å². The van der Waals surface area contributed by atoms with Crippen LogP contribution in [0.3, 0.4) is 0 Å². The predicted molar refractivity (Wildman–Crippen MR) is 96.7 cm³/mol. The van der Waals surface area contributed by atoms with Gasteiger partial charge in [0.1, 0.15) is 11.3 Å². The number of ether oxygens (including phenoxy) is 1. The molecule has 132 valence electrons. The van der Waals surface area contributed by atoms with Crippen LogP contribution in [0.1, 0.15) is 31.7 Å². The number of amides is 1. The van der Waals surface area contributed by atoms with E-state index in [0.29, 0.717) is 6.42 Å². The van der Waals surface area contributed by atoms with E-state index >= 15 is 0 Å². The van der Waals surface area contributed by atoms with Gasteiger partial charge in [-0.2, -0.15) is 0 Å². The SMILES string of the molecule is COc1ccc2c(CC(=O)N3CCCCC3C(C)N)coc2c1.Cl. The second-order valence-corrected chi connectivity index (χ2v) is 6.31. The van der Waals surface area contributed by atoms with Crippen molar-refractivity contribution in [3.63, 3.8) is 0 Å². The summed E-state index contributed by atoms with van der Waals surface area (Å²) < 4.78 is 10.8. The highest BCUT2D eigenvalue weighted by atomic mass is 35.5. The number of hydrogen-bond acceptors (Lipinski definition) is 4. The van der Waals surface area contributed by atoms with Crippen molar-refractivity contribution < 1.29 is 13.9 Å². The largest absolute Gasteiger partial charge is 0.497 e. The van der Waals surface area contributed by atoms with E-state index in [0.717, 1.165) is 48.1 Å². The average Bonchev–Trinajstić information content (AvgIpc) is 2.96. The zero-order valence-corrected chi connectivity index (χ0v) is 15.0. The van der Waals surface area contributed by atoms with Gasteiger partial charge < -0.3 is 19.8 Å². The second-order valence-electron chi connectivity index (χ2n) is 6.31. The molecule has 1 aliphatic heterocycles. The topological polar surface area (TPSA) is 68.7 Å². The van der Waals surface area contributed by atoms with Gasteiger partial charge in [-0.15, -0.1) is 12.4 Å². The summed E-state index contributed by atoms with van der Waals surface area (Å²) in [6.45, 7) is 2.78. The standard InChI is InChI=1S/C18H24N2O3.ClH/c1-12(19)16-5-3-4-8-20(16)18(21)9-13-11-23-17-10-14(22-2)6-7-15(13)17;/h6-7,10-12,16H,3-5,8-9,19H2,1-2H3;1H. The van der Waals surface area contributed by atoms with Crippen LogP contribution in [0.25, 0.3) is 11.0 Å². The third-order valence-electron chi connectivity index (χ3n) is 4.68. The van der Waals surface area contributed by atoms with Crippen LogP contribution in [0.15, 0.2) is 28.9 Å². The van der Waals surface area contributed by atoms with Crippen molar-refractivity contribution in [2.24, 2.45) is 5.73 Å². The minimum absolute atomic E-state index is 0. The van der Waals surface area contributed by atoms with Gasteiger partial charge in [-0.05, 0) is 38.3 Å². The first-order valence-corrected chi connectivity index (χ1v) is 8.19. The van der Waals surface area contributed by atoms with Crippen molar-refractivity contribution in [3.8, 4) is 5.75 Å². The molecule has 5 nitrogen and oxygen atoms in total. The Bertz CT molecular complexity index is 699. The molecule has 1 fully saturated rings. The van der Waals surface area contributed by atoms with E-state index in [2.05, 4.69) is 0 Å². The Hall–Kier alpha value is -1.72. The van der Waals surface area contributed by atoms with Crippen molar-refractivity contribution in [1.82, 2.24) is 4.90 Å². The van der Waals surface area contributed by atoms with E-state index < -0.39 is 0 Å². The third kappa shape index (κ3) is 3.68. The van der Waals surface area contributed by atoms with Crippen molar-refractivity contribution in [3.05, 3.63) is 30.0 Å². The number of carbonyl (C=O) groups excluding carboxylic acids is 1. The summed E-state index contributed by atoms with van der Waals surface area (Å²) in [6, 6.07) is 5.82. The normalized spacial score (nSPS) is 19.0. The highest BCUT2D eigenvalue weighted by Gasteiger charge is 2.29. The monoisotopic (exact) mass is 352 g/mol. The Morgan fingerprint density at radius 1 is 1.46 bits per heavy atom. The molecule has 0 spiro atoms. The maximum Gasteiger partial charge on any atom is 0.227 e. The summed E-state index contributed by atoms with van der Waals surface area (Å²) in [5.74, 6) is 0.878. The van der Waals surface area contributed by atoms with Gasteiger partial charge in [0.15, 0.2) is 0 Å². The first-order chi connectivity index (χ1) is 11.1. The summed E-state index contributed by atoms with van der Waals surface area (Å²) in [5, 5.41) is 0.966. The number of fused-ring (bicyclic) bond motifs is 1. The number of piperidine rings is 1. The molecule has 2 heterocycles. The van der Waals surface area contributed by atoms with E-state index in [4.69, 9.17) is 14.9 Å². The van der Waals surface area contributed by atoms with Crippen LogP contribution in [0.5, 0.6) is 5.75 Å². The van der Waals surface area contributed by atoms with Crippen LogP contribution in [-0.4, -0.2) is 36.5 Å². The zero-order chi connectivity index (χ0) is 16.4. The van der Waals surface area contributed by atoms with Gasteiger partial charge in [0.05, 0.1) is 19.8 Å². The number of methoxy groups -OCH3 is 1. The fourth-order valence-corrected chi connectivity index (χ4v) is 3.41. The Kier molecular flexibility index (Phi) is 6.13. The number of likely N-dealkylation sites (tertiary alicyclic amines) is 1. The first-order valence-electron chi connectivity index (χ1n) is 8.19. The second kappa shape index (κ2) is 7.90. The van der Waals surface area contributed by atoms with E-state index in [1.165, 1.54) is 0 Å². The van der Waals surface area contributed by atoms with Crippen LogP contribution in [-0.2, 0) is 11.2 Å². The maximum atomic E-state index is 12.8. The summed E-state index contributed by atoms with van der Waals surface area (Å²) in [6.07, 6.45) is 5.21. The van der Waals surface area contributed by atoms with E-state index in [1.807, 2.05) is 30.0 Å². The average molecular weight is 353 g/mol. The van der Waals surface area contributed by atoms with Crippen LogP contribution in [0, 0.1) is 0 Å². The number of carbonyl (C=O) groups is 1. The van der Waals surface area contributed by atoms with Crippen molar-refractivity contribution in [1.29, 1.82) is 0 Å². The highest BCUT2D eigenvalue weighted by Crippen LogP contribution is 2.27. The molecule has 1 aromatic heterocycles. The zero-order valence-electron chi connectivity index (χ0n) is 14.2. The lowest BCUT2D eigenvalue weighted by molar-refractivity contribution is -0.134. The summed E-state index contributed by atoms with van der Waals surface area (Å²) in [5.41, 5.74) is 7.73. The third-order valence-corrected chi connectivity index (χ3v) is 4.68. The molecule has 0 saturated carbocycles. The number of halogens is 1. The van der Waals surface area contributed by atoms with Gasteiger partial charge >= 0.3 is 0 Å². The lowest BCUT2D eigenvalue weighted by Crippen LogP contribution is -2.52. The number of hydrogen-bond donors (Lipinski definition) is 1. The lowest BCUT2D eigenvalue weighted by atomic mass is 9.96. The van der Waals surface area contributed by atoms with E-state index in [1.54, 1.807) is 13.4 Å². The van der Waals surface area contributed by atoms with Gasteiger partial charge in [-0.1, -0.05) is 0 Å². The Labute approximate surface area is 148 Å². The molecule has 1 amide bonds. The minimum Gasteiger partial charge on any atom is -0.497 e. The fraction of sp³-hybridized carbons (Fsp3) is 0.500. The van der Waals surface area contributed by atoms with Crippen molar-refractivity contribution >= 4 is 29.3 Å². The van der Waals surface area contributed by atoms with Gasteiger partial charge in [0.2, 0.25) is 5.91 Å². The fourth-order valence-electron chi connectivity index (χ4n) is 3.41. The highest BCUT2D eigenvalue weighted by molar-refractivity contribution is 5.88. The number of nitrogens with two attached hydrogens (primary N) is 1. The molecule has 1 aromatic carbocycles. The number of furan rings is 1. The quantitative estimate of drug-likeness (QED) is 0.917.